The minimum Gasteiger partial charge on any atom is -0.480 e. The highest BCUT2D eigenvalue weighted by Crippen LogP contribution is 2.20. The van der Waals surface area contributed by atoms with Crippen molar-refractivity contribution in [2.45, 2.75) is 25.8 Å². The van der Waals surface area contributed by atoms with Crippen LogP contribution in [0.15, 0.2) is 36.5 Å². The molecular weight excluding hydrogens is 270 g/mol. The molecule has 0 radical (unpaired) electrons. The summed E-state index contributed by atoms with van der Waals surface area (Å²) >= 11 is 0. The fourth-order valence-electron chi connectivity index (χ4n) is 2.07. The number of hydrogen-bond acceptors (Lipinski definition) is 3. The van der Waals surface area contributed by atoms with Gasteiger partial charge in [-0.25, -0.2) is 4.79 Å². The van der Waals surface area contributed by atoms with Crippen LogP contribution in [0.1, 0.15) is 30.1 Å². The van der Waals surface area contributed by atoms with Gasteiger partial charge in [-0.15, -0.1) is 0 Å². The van der Waals surface area contributed by atoms with E-state index in [-0.39, 0.29) is 0 Å². The second-order valence-electron chi connectivity index (χ2n) is 4.68. The van der Waals surface area contributed by atoms with E-state index in [2.05, 4.69) is 15.5 Å². The first-order valence-electron chi connectivity index (χ1n) is 6.76. The van der Waals surface area contributed by atoms with Crippen LogP contribution < -0.4 is 5.32 Å². The smallest absolute Gasteiger partial charge is 0.326 e. The van der Waals surface area contributed by atoms with Gasteiger partial charge in [-0.1, -0.05) is 43.7 Å². The van der Waals surface area contributed by atoms with E-state index in [1.165, 1.54) is 6.20 Å². The van der Waals surface area contributed by atoms with E-state index in [1.807, 2.05) is 37.3 Å². The van der Waals surface area contributed by atoms with Crippen molar-refractivity contribution in [1.29, 1.82) is 0 Å². The number of H-pyrrole nitrogens is 1. The molecule has 2 rings (SSSR count). The molecule has 21 heavy (non-hydrogen) atoms. The first kappa shape index (κ1) is 14.8. The molecule has 110 valence electrons. The normalized spacial score (nSPS) is 11.9. The molecule has 0 spiro atoms. The molecule has 1 atom stereocenters. The third kappa shape index (κ3) is 3.47. The summed E-state index contributed by atoms with van der Waals surface area (Å²) in [6.45, 7) is 1.87. The van der Waals surface area contributed by atoms with Gasteiger partial charge in [-0.3, -0.25) is 9.89 Å². The number of rotatable bonds is 6. The summed E-state index contributed by atoms with van der Waals surface area (Å²) in [5.74, 6) is -1.47. The van der Waals surface area contributed by atoms with Crippen LogP contribution in [-0.2, 0) is 4.79 Å². The van der Waals surface area contributed by atoms with E-state index in [0.717, 1.165) is 5.56 Å². The van der Waals surface area contributed by atoms with E-state index in [4.69, 9.17) is 5.11 Å². The Morgan fingerprint density at radius 1 is 1.33 bits per heavy atom. The van der Waals surface area contributed by atoms with Crippen molar-refractivity contribution >= 4 is 11.9 Å². The largest absolute Gasteiger partial charge is 0.480 e. The van der Waals surface area contributed by atoms with Gasteiger partial charge >= 0.3 is 5.97 Å². The Hall–Kier alpha value is -2.63. The van der Waals surface area contributed by atoms with Crippen LogP contribution >= 0.6 is 0 Å². The summed E-state index contributed by atoms with van der Waals surface area (Å²) in [4.78, 5) is 23.4. The third-order valence-electron chi connectivity index (χ3n) is 3.13. The van der Waals surface area contributed by atoms with Crippen LogP contribution in [0.2, 0.25) is 0 Å². The third-order valence-corrected chi connectivity index (χ3v) is 3.13. The number of amides is 1. The van der Waals surface area contributed by atoms with Crippen molar-refractivity contribution in [2.75, 3.05) is 0 Å². The molecule has 0 bridgehead atoms. The fraction of sp³-hybridized carbons (Fsp3) is 0.267. The molecular formula is C15H17N3O3. The Kier molecular flexibility index (Phi) is 4.71. The van der Waals surface area contributed by atoms with Gasteiger partial charge in [0.2, 0.25) is 0 Å². The summed E-state index contributed by atoms with van der Waals surface area (Å²) in [5.41, 5.74) is 1.74. The summed E-state index contributed by atoms with van der Waals surface area (Å²) in [6.07, 6.45) is 2.47. The molecule has 0 unspecified atom stereocenters. The quantitative estimate of drug-likeness (QED) is 0.757. The van der Waals surface area contributed by atoms with Gasteiger partial charge in [-0.05, 0) is 6.42 Å². The number of carboxylic acids is 1. The molecule has 0 saturated heterocycles. The standard InChI is InChI=1S/C15H17N3O3/c1-2-6-12(15(20)21)17-14(19)11-9-16-18-13(11)10-7-4-3-5-8-10/h3-5,7-9,12H,2,6H2,1H3,(H,16,18)(H,17,19)(H,20,21)/t12-/m0/s1. The predicted octanol–water partition coefficient (Wildman–Crippen LogP) is 2.06. The molecule has 0 saturated carbocycles. The number of nitrogens with zero attached hydrogens (tertiary/aromatic N) is 1. The molecule has 6 heteroatoms. The van der Waals surface area contributed by atoms with Crippen molar-refractivity contribution in [2.24, 2.45) is 0 Å². The zero-order valence-corrected chi connectivity index (χ0v) is 11.7. The van der Waals surface area contributed by atoms with Gasteiger partial charge in [0.1, 0.15) is 6.04 Å². The molecule has 0 aliphatic heterocycles. The van der Waals surface area contributed by atoms with E-state index in [9.17, 15) is 9.59 Å². The van der Waals surface area contributed by atoms with Gasteiger partial charge in [-0.2, -0.15) is 5.10 Å². The highest BCUT2D eigenvalue weighted by Gasteiger charge is 2.22. The lowest BCUT2D eigenvalue weighted by Gasteiger charge is -2.13. The fourth-order valence-corrected chi connectivity index (χ4v) is 2.07. The van der Waals surface area contributed by atoms with E-state index in [1.54, 1.807) is 0 Å². The van der Waals surface area contributed by atoms with Crippen molar-refractivity contribution in [3.8, 4) is 11.3 Å². The zero-order valence-electron chi connectivity index (χ0n) is 11.7. The molecule has 0 fully saturated rings. The first-order valence-corrected chi connectivity index (χ1v) is 6.76. The Labute approximate surface area is 122 Å². The minimum atomic E-state index is -1.03. The van der Waals surface area contributed by atoms with Crippen LogP contribution in [0.5, 0.6) is 0 Å². The summed E-state index contributed by atoms with van der Waals surface area (Å²) < 4.78 is 0. The lowest BCUT2D eigenvalue weighted by Crippen LogP contribution is -2.40. The molecule has 6 nitrogen and oxygen atoms in total. The molecule has 0 aliphatic carbocycles. The second kappa shape index (κ2) is 6.69. The molecule has 1 heterocycles. The monoisotopic (exact) mass is 287 g/mol. The number of aromatic amines is 1. The Bertz CT molecular complexity index is 622. The maximum absolute atomic E-state index is 12.3. The van der Waals surface area contributed by atoms with Crippen molar-refractivity contribution in [1.82, 2.24) is 15.5 Å². The molecule has 0 aliphatic rings. The maximum atomic E-state index is 12.3. The summed E-state index contributed by atoms with van der Waals surface area (Å²) in [7, 11) is 0. The highest BCUT2D eigenvalue weighted by atomic mass is 16.4. The SMILES string of the molecule is CCC[C@H](NC(=O)c1cn[nH]c1-c1ccccc1)C(=O)O. The van der Waals surface area contributed by atoms with Crippen LogP contribution in [0, 0.1) is 0 Å². The van der Waals surface area contributed by atoms with E-state index >= 15 is 0 Å². The van der Waals surface area contributed by atoms with Gasteiger partial charge in [0.15, 0.2) is 0 Å². The first-order chi connectivity index (χ1) is 10.1. The van der Waals surface area contributed by atoms with Crippen LogP contribution in [0.25, 0.3) is 11.3 Å². The Balaban J connectivity index is 2.21. The van der Waals surface area contributed by atoms with Crippen LogP contribution in [-0.4, -0.2) is 33.2 Å². The molecule has 2 aromatic rings. The Morgan fingerprint density at radius 2 is 2.05 bits per heavy atom. The lowest BCUT2D eigenvalue weighted by molar-refractivity contribution is -0.139. The molecule has 1 aromatic carbocycles. The van der Waals surface area contributed by atoms with Gasteiger partial charge in [0.05, 0.1) is 17.5 Å². The van der Waals surface area contributed by atoms with Crippen LogP contribution in [0.3, 0.4) is 0 Å². The molecule has 3 N–H and O–H groups in total. The minimum absolute atomic E-state index is 0.337. The Morgan fingerprint density at radius 3 is 2.67 bits per heavy atom. The number of aromatic nitrogens is 2. The number of hydrogen-bond donors (Lipinski definition) is 3. The number of benzene rings is 1. The maximum Gasteiger partial charge on any atom is 0.326 e. The van der Waals surface area contributed by atoms with Crippen molar-refractivity contribution in [3.63, 3.8) is 0 Å². The van der Waals surface area contributed by atoms with Crippen molar-refractivity contribution in [3.05, 3.63) is 42.1 Å². The lowest BCUT2D eigenvalue weighted by atomic mass is 10.1. The van der Waals surface area contributed by atoms with Crippen LogP contribution in [0.4, 0.5) is 0 Å². The summed E-state index contributed by atoms with van der Waals surface area (Å²) in [5, 5.41) is 18.3. The van der Waals surface area contributed by atoms with Gasteiger partial charge < -0.3 is 10.4 Å². The number of nitrogens with one attached hydrogen (secondary N) is 2. The average Bonchev–Trinajstić information content (AvgIpc) is 2.97. The zero-order chi connectivity index (χ0) is 15.2. The topological polar surface area (TPSA) is 95.1 Å². The highest BCUT2D eigenvalue weighted by molar-refractivity contribution is 6.01. The number of carbonyl (C=O) groups excluding carboxylic acids is 1. The number of carbonyl (C=O) groups is 2. The average molecular weight is 287 g/mol. The molecule has 1 aromatic heterocycles. The number of carboxylic acid groups (broad SMARTS) is 1. The molecule has 1 amide bonds. The van der Waals surface area contributed by atoms with Crippen molar-refractivity contribution < 1.29 is 14.7 Å². The van der Waals surface area contributed by atoms with Gasteiger partial charge in [0.25, 0.3) is 5.91 Å². The van der Waals surface area contributed by atoms with Gasteiger partial charge in [0, 0.05) is 5.56 Å². The van der Waals surface area contributed by atoms with E-state index < -0.39 is 17.9 Å². The summed E-state index contributed by atoms with van der Waals surface area (Å²) in [6, 6.07) is 8.41. The second-order valence-corrected chi connectivity index (χ2v) is 4.68. The number of aliphatic carboxylic acids is 1. The van der Waals surface area contributed by atoms with E-state index in [0.29, 0.717) is 24.1 Å². The predicted molar refractivity (Wildman–Crippen MR) is 77.8 cm³/mol.